The Kier molecular flexibility index (Phi) is 6.07. The molecule has 2 N–H and O–H groups in total. The van der Waals surface area contributed by atoms with Crippen LogP contribution in [0.25, 0.3) is 10.8 Å². The minimum absolute atomic E-state index is 0.104. The molecule has 0 saturated carbocycles. The van der Waals surface area contributed by atoms with Gasteiger partial charge in [0.2, 0.25) is 0 Å². The lowest BCUT2D eigenvalue weighted by Gasteiger charge is -2.18. The molecule has 0 aliphatic carbocycles. The number of rotatable bonds is 8. The molecule has 3 rings (SSSR count). The Balaban J connectivity index is 1.65. The van der Waals surface area contributed by atoms with E-state index in [1.165, 1.54) is 0 Å². The van der Waals surface area contributed by atoms with Gasteiger partial charge in [-0.05, 0) is 34.7 Å². The van der Waals surface area contributed by atoms with E-state index in [-0.39, 0.29) is 6.16 Å². The molecule has 0 aromatic heterocycles. The Labute approximate surface area is 157 Å². The van der Waals surface area contributed by atoms with Gasteiger partial charge in [-0.2, -0.15) is 0 Å². The first-order valence-electron chi connectivity index (χ1n) is 8.71. The van der Waals surface area contributed by atoms with E-state index < -0.39 is 19.7 Å². The summed E-state index contributed by atoms with van der Waals surface area (Å²) in [6.45, 7) is 0. The Morgan fingerprint density at radius 3 is 2.37 bits per heavy atom. The van der Waals surface area contributed by atoms with Gasteiger partial charge < -0.3 is 10.00 Å². The number of carboxylic acids is 1. The van der Waals surface area contributed by atoms with E-state index in [0.29, 0.717) is 18.4 Å². The predicted octanol–water partition coefficient (Wildman–Crippen LogP) is 4.80. The van der Waals surface area contributed by atoms with Crippen LogP contribution in [0, 0.1) is 0 Å². The second-order valence-electron chi connectivity index (χ2n) is 6.34. The summed E-state index contributed by atoms with van der Waals surface area (Å²) in [5.74, 6) is -1.29. The van der Waals surface area contributed by atoms with Crippen LogP contribution in [-0.4, -0.2) is 22.1 Å². The topological polar surface area (TPSA) is 83.8 Å². The van der Waals surface area contributed by atoms with E-state index in [1.54, 1.807) is 30.3 Å². The molecule has 2 atom stereocenters. The number of hydrogen-bond donors (Lipinski definition) is 2. The standard InChI is InChI=1S/C21H21O5P/c22-21(23)20(18-9-2-1-3-10-18)26-27(24,25)15-7-13-17-12-6-11-16-8-4-5-14-19(16)17/h1-6,8-12,14,20H,7,13,15H2,(H,22,23)(H,24,25). The highest BCUT2D eigenvalue weighted by Gasteiger charge is 2.30. The minimum atomic E-state index is -4.05. The number of carboxylic acid groups (broad SMARTS) is 1. The average molecular weight is 384 g/mol. The van der Waals surface area contributed by atoms with Gasteiger partial charge in [0.25, 0.3) is 0 Å². The van der Waals surface area contributed by atoms with Gasteiger partial charge in [-0.25, -0.2) is 4.79 Å². The van der Waals surface area contributed by atoms with Crippen LogP contribution in [0.15, 0.2) is 72.8 Å². The number of aliphatic carboxylic acids is 1. The molecule has 5 nitrogen and oxygen atoms in total. The first-order chi connectivity index (χ1) is 13.0. The molecule has 27 heavy (non-hydrogen) atoms. The Morgan fingerprint density at radius 1 is 0.963 bits per heavy atom. The van der Waals surface area contributed by atoms with Crippen molar-refractivity contribution in [3.05, 3.63) is 83.9 Å². The van der Waals surface area contributed by atoms with Crippen LogP contribution in [0.4, 0.5) is 0 Å². The summed E-state index contributed by atoms with van der Waals surface area (Å²) >= 11 is 0. The number of aryl methyl sites for hydroxylation is 1. The van der Waals surface area contributed by atoms with Crippen molar-refractivity contribution >= 4 is 24.3 Å². The highest BCUT2D eigenvalue weighted by atomic mass is 31.2. The highest BCUT2D eigenvalue weighted by Crippen LogP contribution is 2.47. The van der Waals surface area contributed by atoms with Crippen molar-refractivity contribution in [3.8, 4) is 0 Å². The van der Waals surface area contributed by atoms with Gasteiger partial charge in [0.1, 0.15) is 0 Å². The largest absolute Gasteiger partial charge is 0.479 e. The molecular weight excluding hydrogens is 363 g/mol. The smallest absolute Gasteiger partial charge is 0.338 e. The zero-order valence-electron chi connectivity index (χ0n) is 14.7. The van der Waals surface area contributed by atoms with Crippen LogP contribution in [0.5, 0.6) is 0 Å². The van der Waals surface area contributed by atoms with E-state index in [9.17, 15) is 19.4 Å². The molecule has 6 heteroatoms. The summed E-state index contributed by atoms with van der Waals surface area (Å²) in [6, 6.07) is 22.2. The van der Waals surface area contributed by atoms with Gasteiger partial charge in [-0.3, -0.25) is 9.09 Å². The summed E-state index contributed by atoms with van der Waals surface area (Å²) in [6.07, 6.45) is -0.534. The fourth-order valence-corrected chi connectivity index (χ4v) is 4.28. The predicted molar refractivity (Wildman–Crippen MR) is 105 cm³/mol. The van der Waals surface area contributed by atoms with Gasteiger partial charge >= 0.3 is 13.6 Å². The first kappa shape index (κ1) is 19.3. The Morgan fingerprint density at radius 2 is 1.63 bits per heavy atom. The zero-order chi connectivity index (χ0) is 19.3. The third-order valence-electron chi connectivity index (χ3n) is 4.36. The molecule has 0 amide bonds. The van der Waals surface area contributed by atoms with E-state index in [4.69, 9.17) is 4.52 Å². The van der Waals surface area contributed by atoms with Gasteiger partial charge in [-0.1, -0.05) is 72.8 Å². The zero-order valence-corrected chi connectivity index (χ0v) is 15.6. The first-order valence-corrected chi connectivity index (χ1v) is 10.5. The number of fused-ring (bicyclic) bond motifs is 1. The summed E-state index contributed by atoms with van der Waals surface area (Å²) in [4.78, 5) is 21.6. The van der Waals surface area contributed by atoms with Crippen LogP contribution in [-0.2, 0) is 20.3 Å². The summed E-state index contributed by atoms with van der Waals surface area (Å²) < 4.78 is 17.5. The van der Waals surface area contributed by atoms with E-state index in [0.717, 1.165) is 16.3 Å². The fraction of sp³-hybridized carbons (Fsp3) is 0.190. The molecule has 0 heterocycles. The normalized spacial score (nSPS) is 14.6. The molecular formula is C21H21O5P. The molecule has 140 valence electrons. The molecule has 3 aromatic rings. The third kappa shape index (κ3) is 5.04. The lowest BCUT2D eigenvalue weighted by atomic mass is 10.0. The van der Waals surface area contributed by atoms with Crippen molar-refractivity contribution < 1.29 is 23.9 Å². The van der Waals surface area contributed by atoms with Crippen LogP contribution in [0.1, 0.15) is 23.7 Å². The number of hydrogen-bond acceptors (Lipinski definition) is 3. The monoisotopic (exact) mass is 384 g/mol. The van der Waals surface area contributed by atoms with Gasteiger partial charge in [-0.15, -0.1) is 0 Å². The van der Waals surface area contributed by atoms with E-state index in [2.05, 4.69) is 0 Å². The van der Waals surface area contributed by atoms with Crippen molar-refractivity contribution in [1.29, 1.82) is 0 Å². The average Bonchev–Trinajstić information content (AvgIpc) is 2.67. The number of benzene rings is 3. The molecule has 0 saturated heterocycles. The molecule has 3 aromatic carbocycles. The van der Waals surface area contributed by atoms with Gasteiger partial charge in [0, 0.05) is 0 Å². The maximum Gasteiger partial charge on any atom is 0.338 e. The summed E-state index contributed by atoms with van der Waals surface area (Å²) in [5.41, 5.74) is 1.43. The van der Waals surface area contributed by atoms with Crippen LogP contribution in [0.2, 0.25) is 0 Å². The Bertz CT molecular complexity index is 965. The molecule has 0 fully saturated rings. The van der Waals surface area contributed by atoms with Crippen molar-refractivity contribution in [2.45, 2.75) is 18.9 Å². The maximum absolute atomic E-state index is 12.4. The Hall–Kier alpha value is -2.46. The quantitative estimate of drug-likeness (QED) is 0.545. The molecule has 0 spiro atoms. The van der Waals surface area contributed by atoms with Gasteiger partial charge in [0.05, 0.1) is 6.16 Å². The fourth-order valence-electron chi connectivity index (χ4n) is 3.07. The minimum Gasteiger partial charge on any atom is -0.479 e. The molecule has 0 aliphatic rings. The van der Waals surface area contributed by atoms with Crippen molar-refractivity contribution in [2.75, 3.05) is 6.16 Å². The van der Waals surface area contributed by atoms with E-state index in [1.807, 2.05) is 42.5 Å². The summed E-state index contributed by atoms with van der Waals surface area (Å²) in [5, 5.41) is 11.6. The molecule has 0 aliphatic heterocycles. The molecule has 0 bridgehead atoms. The summed E-state index contributed by atoms with van der Waals surface area (Å²) in [7, 11) is -4.05. The van der Waals surface area contributed by atoms with Crippen molar-refractivity contribution in [1.82, 2.24) is 0 Å². The van der Waals surface area contributed by atoms with Crippen molar-refractivity contribution in [3.63, 3.8) is 0 Å². The maximum atomic E-state index is 12.4. The molecule has 0 radical (unpaired) electrons. The molecule has 2 unspecified atom stereocenters. The second-order valence-corrected chi connectivity index (χ2v) is 8.27. The van der Waals surface area contributed by atoms with Gasteiger partial charge in [0.15, 0.2) is 6.10 Å². The van der Waals surface area contributed by atoms with Crippen LogP contribution >= 0.6 is 7.60 Å². The van der Waals surface area contributed by atoms with Crippen LogP contribution < -0.4 is 0 Å². The second kappa shape index (κ2) is 8.49. The third-order valence-corrected chi connectivity index (χ3v) is 5.79. The van der Waals surface area contributed by atoms with Crippen molar-refractivity contribution in [2.24, 2.45) is 0 Å². The highest BCUT2D eigenvalue weighted by molar-refractivity contribution is 7.52. The lowest BCUT2D eigenvalue weighted by Crippen LogP contribution is -2.15. The van der Waals surface area contributed by atoms with Crippen LogP contribution in [0.3, 0.4) is 0 Å². The SMILES string of the molecule is O=C(O)C(OP(=O)(O)CCCc1cccc2ccccc12)c1ccccc1. The lowest BCUT2D eigenvalue weighted by molar-refractivity contribution is -0.145. The number of carbonyl (C=O) groups is 1. The van der Waals surface area contributed by atoms with E-state index >= 15 is 0 Å².